The molecule has 0 bridgehead atoms. The van der Waals surface area contributed by atoms with E-state index in [0.29, 0.717) is 11.6 Å². The zero-order valence-electron chi connectivity index (χ0n) is 17.4. The van der Waals surface area contributed by atoms with Crippen molar-refractivity contribution in [2.45, 2.75) is 26.2 Å². The number of halogens is 3. The Morgan fingerprint density at radius 3 is 2.31 bits per heavy atom. The summed E-state index contributed by atoms with van der Waals surface area (Å²) in [7, 11) is 1.68. The lowest BCUT2D eigenvalue weighted by molar-refractivity contribution is -0.118. The predicted molar refractivity (Wildman–Crippen MR) is 126 cm³/mol. The van der Waals surface area contributed by atoms with Crippen molar-refractivity contribution in [2.24, 2.45) is 5.92 Å². The van der Waals surface area contributed by atoms with Gasteiger partial charge >= 0.3 is 0 Å². The Bertz CT molecular complexity index is 632. The van der Waals surface area contributed by atoms with Crippen molar-refractivity contribution in [3.63, 3.8) is 0 Å². The molecule has 166 valence electrons. The second-order valence-corrected chi connectivity index (χ2v) is 8.24. The fraction of sp³-hybridized carbons (Fsp3) is 0.667. The van der Waals surface area contributed by atoms with Gasteiger partial charge in [0.1, 0.15) is 5.78 Å². The van der Waals surface area contributed by atoms with Crippen LogP contribution >= 0.6 is 36.4 Å². The second kappa shape index (κ2) is 12.9. The molecule has 0 aliphatic carbocycles. The maximum Gasteiger partial charge on any atom is 0.160 e. The number of carbonyl (C=O) groups is 1. The average Bonchev–Trinajstić information content (AvgIpc) is 2.67. The zero-order valence-corrected chi connectivity index (χ0v) is 19.8. The number of rotatable bonds is 7. The topological polar surface area (TPSA) is 36.0 Å². The van der Waals surface area contributed by atoms with Crippen LogP contribution in [0.5, 0.6) is 5.75 Å². The van der Waals surface area contributed by atoms with Crippen LogP contribution in [-0.4, -0.2) is 75.1 Å². The largest absolute Gasteiger partial charge is 0.493 e. The van der Waals surface area contributed by atoms with Crippen molar-refractivity contribution in [3.8, 4) is 5.75 Å². The molecule has 0 N–H and O–H groups in total. The summed E-state index contributed by atoms with van der Waals surface area (Å²) in [4.78, 5) is 18.5. The van der Waals surface area contributed by atoms with Gasteiger partial charge in [0.25, 0.3) is 0 Å². The van der Waals surface area contributed by atoms with Crippen LogP contribution in [0, 0.1) is 5.92 Å². The molecule has 1 aromatic carbocycles. The molecule has 8 heteroatoms. The highest BCUT2D eigenvalue weighted by Crippen LogP contribution is 2.35. The molecular weight excluding hydrogens is 433 g/mol. The molecule has 0 atom stereocenters. The minimum Gasteiger partial charge on any atom is -0.493 e. The second-order valence-electron chi connectivity index (χ2n) is 7.83. The van der Waals surface area contributed by atoms with Crippen molar-refractivity contribution in [3.05, 3.63) is 23.2 Å². The maximum atomic E-state index is 11.2. The van der Waals surface area contributed by atoms with Gasteiger partial charge in [-0.2, -0.15) is 0 Å². The van der Waals surface area contributed by atoms with Crippen LogP contribution in [0.1, 0.15) is 26.2 Å². The van der Waals surface area contributed by atoms with E-state index in [2.05, 4.69) is 20.8 Å². The molecule has 5 nitrogen and oxygen atoms in total. The molecular formula is C21H34Cl3N3O2. The van der Waals surface area contributed by atoms with Gasteiger partial charge in [-0.1, -0.05) is 17.7 Å². The van der Waals surface area contributed by atoms with Gasteiger partial charge in [-0.25, -0.2) is 0 Å². The Morgan fingerprint density at radius 1 is 1.07 bits per heavy atom. The van der Waals surface area contributed by atoms with E-state index in [1.165, 1.54) is 25.8 Å². The number of anilines is 1. The molecule has 2 heterocycles. The van der Waals surface area contributed by atoms with Gasteiger partial charge in [0, 0.05) is 26.2 Å². The van der Waals surface area contributed by atoms with Crippen LogP contribution in [0.2, 0.25) is 5.02 Å². The minimum absolute atomic E-state index is 0. The number of likely N-dealkylation sites (tertiary alicyclic amines) is 1. The molecule has 2 saturated heterocycles. The smallest absolute Gasteiger partial charge is 0.160 e. The van der Waals surface area contributed by atoms with E-state index in [1.54, 1.807) is 14.0 Å². The van der Waals surface area contributed by atoms with Gasteiger partial charge in [0.05, 0.1) is 24.4 Å². The van der Waals surface area contributed by atoms with Crippen LogP contribution in [0.15, 0.2) is 18.2 Å². The fourth-order valence-electron chi connectivity index (χ4n) is 4.27. The normalized spacial score (nSPS) is 18.7. The number of Topliss-reactive ketones (excluding diaryl/α,β-unsaturated/α-hetero) is 1. The Morgan fingerprint density at radius 2 is 1.72 bits per heavy atom. The Hall–Kier alpha value is -0.720. The standard InChI is InChI=1S/C21H32ClN3O2.2ClH/c1-17(26)16-24-10-7-18(8-11-24)6-9-23-12-14-25(15-13-23)20-5-3-4-19(22)21(20)27-2;;/h3-5,18H,6-16H2,1-2H3;2*1H. The van der Waals surface area contributed by atoms with Crippen molar-refractivity contribution in [1.29, 1.82) is 0 Å². The number of hydrogen-bond donors (Lipinski definition) is 0. The molecule has 2 aliphatic rings. The lowest BCUT2D eigenvalue weighted by Crippen LogP contribution is -2.47. The monoisotopic (exact) mass is 465 g/mol. The number of ketones is 1. The van der Waals surface area contributed by atoms with Crippen LogP contribution < -0.4 is 9.64 Å². The molecule has 0 radical (unpaired) electrons. The summed E-state index contributed by atoms with van der Waals surface area (Å²) in [6, 6.07) is 5.96. The van der Waals surface area contributed by atoms with E-state index >= 15 is 0 Å². The number of ether oxygens (including phenoxy) is 1. The van der Waals surface area contributed by atoms with Crippen molar-refractivity contribution < 1.29 is 9.53 Å². The fourth-order valence-corrected chi connectivity index (χ4v) is 4.52. The summed E-state index contributed by atoms with van der Waals surface area (Å²) in [5.41, 5.74) is 1.10. The number of methoxy groups -OCH3 is 1. The number of hydrogen-bond acceptors (Lipinski definition) is 5. The van der Waals surface area contributed by atoms with Crippen LogP contribution in [0.3, 0.4) is 0 Å². The van der Waals surface area contributed by atoms with E-state index < -0.39 is 0 Å². The minimum atomic E-state index is 0. The number of para-hydroxylation sites is 1. The maximum absolute atomic E-state index is 11.2. The predicted octanol–water partition coefficient (Wildman–Crippen LogP) is 4.01. The zero-order chi connectivity index (χ0) is 19.2. The Labute approximate surface area is 192 Å². The SMILES string of the molecule is COc1c(Cl)cccc1N1CCN(CCC2CCN(CC(C)=O)CC2)CC1.Cl.Cl. The van der Waals surface area contributed by atoms with Gasteiger partial charge in [0.15, 0.2) is 5.75 Å². The number of benzene rings is 1. The summed E-state index contributed by atoms with van der Waals surface area (Å²) in [5, 5.41) is 0.675. The summed E-state index contributed by atoms with van der Waals surface area (Å²) in [6.45, 7) is 9.82. The van der Waals surface area contributed by atoms with Crippen molar-refractivity contribution in [2.75, 3.05) is 64.4 Å². The van der Waals surface area contributed by atoms with Gasteiger partial charge in [-0.15, -0.1) is 24.8 Å². The van der Waals surface area contributed by atoms with E-state index in [-0.39, 0.29) is 30.6 Å². The van der Waals surface area contributed by atoms with E-state index in [0.717, 1.165) is 56.6 Å². The van der Waals surface area contributed by atoms with Crippen LogP contribution in [0.25, 0.3) is 0 Å². The number of piperazine rings is 1. The van der Waals surface area contributed by atoms with E-state index in [4.69, 9.17) is 16.3 Å². The summed E-state index contributed by atoms with van der Waals surface area (Å²) >= 11 is 6.27. The Kier molecular flexibility index (Phi) is 11.7. The Balaban J connectivity index is 0.00000210. The van der Waals surface area contributed by atoms with Crippen LogP contribution in [0.4, 0.5) is 5.69 Å². The first kappa shape index (κ1) is 26.3. The van der Waals surface area contributed by atoms with Crippen molar-refractivity contribution >= 4 is 47.9 Å². The first-order valence-corrected chi connectivity index (χ1v) is 10.5. The molecule has 3 rings (SSSR count). The average molecular weight is 467 g/mol. The third-order valence-electron chi connectivity index (χ3n) is 5.87. The lowest BCUT2D eigenvalue weighted by atomic mass is 9.93. The summed E-state index contributed by atoms with van der Waals surface area (Å²) < 4.78 is 5.50. The van der Waals surface area contributed by atoms with Gasteiger partial charge < -0.3 is 9.64 Å². The number of nitrogens with zero attached hydrogens (tertiary/aromatic N) is 3. The molecule has 1 aromatic rings. The molecule has 2 aliphatic heterocycles. The summed E-state index contributed by atoms with van der Waals surface area (Å²) in [6.07, 6.45) is 3.73. The molecule has 0 aromatic heterocycles. The van der Waals surface area contributed by atoms with E-state index in [1.807, 2.05) is 12.1 Å². The number of carbonyl (C=O) groups excluding carboxylic acids is 1. The summed E-state index contributed by atoms with van der Waals surface area (Å²) in [5.74, 6) is 1.87. The highest BCUT2D eigenvalue weighted by molar-refractivity contribution is 6.32. The molecule has 2 fully saturated rings. The molecule has 0 saturated carbocycles. The van der Waals surface area contributed by atoms with Gasteiger partial charge in [-0.3, -0.25) is 14.6 Å². The first-order valence-electron chi connectivity index (χ1n) is 10.1. The highest BCUT2D eigenvalue weighted by atomic mass is 35.5. The third kappa shape index (κ3) is 7.48. The van der Waals surface area contributed by atoms with Gasteiger partial charge in [-0.05, 0) is 63.9 Å². The van der Waals surface area contributed by atoms with Crippen molar-refractivity contribution in [1.82, 2.24) is 9.80 Å². The molecule has 0 spiro atoms. The molecule has 29 heavy (non-hydrogen) atoms. The van der Waals surface area contributed by atoms with Gasteiger partial charge in [0.2, 0.25) is 0 Å². The third-order valence-corrected chi connectivity index (χ3v) is 6.17. The molecule has 0 amide bonds. The first-order chi connectivity index (χ1) is 13.1. The highest BCUT2D eigenvalue weighted by Gasteiger charge is 2.23. The lowest BCUT2D eigenvalue weighted by Gasteiger charge is -2.38. The molecule has 0 unspecified atom stereocenters. The number of piperidine rings is 1. The quantitative estimate of drug-likeness (QED) is 0.607. The van der Waals surface area contributed by atoms with E-state index in [9.17, 15) is 4.79 Å². The van der Waals surface area contributed by atoms with Crippen LogP contribution in [-0.2, 0) is 4.79 Å².